The van der Waals surface area contributed by atoms with Gasteiger partial charge < -0.3 is 5.32 Å². The molecule has 0 spiro atoms. The number of aromatic nitrogens is 1. The molecule has 1 unspecified atom stereocenters. The Bertz CT molecular complexity index is 600. The van der Waals surface area contributed by atoms with Crippen LogP contribution >= 0.6 is 0 Å². The Labute approximate surface area is 128 Å². The van der Waals surface area contributed by atoms with Crippen LogP contribution in [0.4, 0.5) is 5.69 Å². The van der Waals surface area contributed by atoms with E-state index in [0.717, 1.165) is 17.1 Å². The first-order valence-corrected chi connectivity index (χ1v) is 8.41. The molecule has 1 atom stereocenters. The molecule has 0 aliphatic heterocycles. The second-order valence-corrected chi connectivity index (χ2v) is 6.39. The first kappa shape index (κ1) is 14.4. The molecular formula is C19H26N2. The Hall–Kier alpha value is -1.57. The smallest absolute Gasteiger partial charge is 0.0725 e. The quantitative estimate of drug-likeness (QED) is 0.821. The maximum atomic E-state index is 4.64. The number of nitrogens with one attached hydrogen (secondary N) is 1. The maximum Gasteiger partial charge on any atom is 0.0725 e. The number of anilines is 1. The lowest BCUT2D eigenvalue weighted by atomic mass is 9.83. The topological polar surface area (TPSA) is 24.9 Å². The van der Waals surface area contributed by atoms with E-state index in [1.165, 1.54) is 49.6 Å². The molecule has 0 bridgehead atoms. The molecule has 3 rings (SSSR count). The number of hydrogen-bond acceptors (Lipinski definition) is 2. The van der Waals surface area contributed by atoms with E-state index in [9.17, 15) is 0 Å². The third-order valence-electron chi connectivity index (χ3n) is 4.84. The first-order valence-electron chi connectivity index (χ1n) is 8.41. The Kier molecular flexibility index (Phi) is 4.42. The molecule has 1 aromatic heterocycles. The van der Waals surface area contributed by atoms with Gasteiger partial charge in [-0.2, -0.15) is 0 Å². The van der Waals surface area contributed by atoms with Gasteiger partial charge in [0.25, 0.3) is 0 Å². The molecule has 2 heteroatoms. The van der Waals surface area contributed by atoms with Crippen molar-refractivity contribution >= 4 is 16.6 Å². The first-order chi connectivity index (χ1) is 10.3. The molecule has 2 nitrogen and oxygen atoms in total. The fraction of sp³-hybridized carbons (Fsp3) is 0.526. The van der Waals surface area contributed by atoms with Gasteiger partial charge in [0.05, 0.1) is 5.52 Å². The van der Waals surface area contributed by atoms with Crippen LogP contribution in [0.3, 0.4) is 0 Å². The molecule has 1 heterocycles. The van der Waals surface area contributed by atoms with Crippen LogP contribution in [0.1, 0.15) is 51.1 Å². The molecule has 0 radical (unpaired) electrons. The molecular weight excluding hydrogens is 256 g/mol. The third-order valence-corrected chi connectivity index (χ3v) is 4.84. The van der Waals surface area contributed by atoms with Gasteiger partial charge in [0.15, 0.2) is 0 Å². The van der Waals surface area contributed by atoms with Crippen LogP contribution in [0.15, 0.2) is 30.3 Å². The van der Waals surface area contributed by atoms with E-state index >= 15 is 0 Å². The van der Waals surface area contributed by atoms with Crippen molar-refractivity contribution in [2.75, 3.05) is 5.32 Å². The number of benzene rings is 1. The molecule has 0 amide bonds. The van der Waals surface area contributed by atoms with Crippen LogP contribution in [0.25, 0.3) is 10.9 Å². The van der Waals surface area contributed by atoms with E-state index in [0.29, 0.717) is 6.04 Å². The van der Waals surface area contributed by atoms with E-state index in [1.54, 1.807) is 0 Å². The van der Waals surface area contributed by atoms with Gasteiger partial charge in [-0.3, -0.25) is 4.98 Å². The number of nitrogens with zero attached hydrogens (tertiary/aromatic N) is 1. The summed E-state index contributed by atoms with van der Waals surface area (Å²) in [5.74, 6) is 0.830. The molecule has 112 valence electrons. The fourth-order valence-corrected chi connectivity index (χ4v) is 3.72. The van der Waals surface area contributed by atoms with Crippen LogP contribution in [0.2, 0.25) is 0 Å². The van der Waals surface area contributed by atoms with Gasteiger partial charge in [-0.05, 0) is 44.2 Å². The monoisotopic (exact) mass is 282 g/mol. The van der Waals surface area contributed by atoms with Crippen molar-refractivity contribution in [1.29, 1.82) is 0 Å². The minimum Gasteiger partial charge on any atom is -0.381 e. The molecule has 1 aromatic carbocycles. The highest BCUT2D eigenvalue weighted by molar-refractivity contribution is 5.91. The van der Waals surface area contributed by atoms with Crippen molar-refractivity contribution in [1.82, 2.24) is 4.98 Å². The second-order valence-electron chi connectivity index (χ2n) is 6.39. The molecule has 1 aliphatic rings. The predicted octanol–water partition coefficient (Wildman–Crippen LogP) is 5.31. The Morgan fingerprint density at radius 3 is 2.71 bits per heavy atom. The van der Waals surface area contributed by atoms with Crippen molar-refractivity contribution < 1.29 is 0 Å². The van der Waals surface area contributed by atoms with Crippen LogP contribution in [0.5, 0.6) is 0 Å². The van der Waals surface area contributed by atoms with Crippen LogP contribution in [-0.4, -0.2) is 11.0 Å². The predicted molar refractivity (Wildman–Crippen MR) is 90.8 cm³/mol. The minimum atomic E-state index is 0.593. The molecule has 1 saturated carbocycles. The molecule has 0 saturated heterocycles. The SMILES string of the molecule is CCC(Nc1cc(C)nc2ccccc12)C1CCCCC1. The minimum absolute atomic E-state index is 0.593. The Morgan fingerprint density at radius 1 is 1.19 bits per heavy atom. The maximum absolute atomic E-state index is 4.64. The van der Waals surface area contributed by atoms with Crippen molar-refractivity contribution in [2.45, 2.75) is 58.4 Å². The normalized spacial score (nSPS) is 17.8. The van der Waals surface area contributed by atoms with Gasteiger partial charge in [-0.25, -0.2) is 0 Å². The standard InChI is InChI=1S/C19H26N2/c1-3-17(15-9-5-4-6-10-15)21-19-13-14(2)20-18-12-8-7-11-16(18)19/h7-8,11-13,15,17H,3-6,9-10H2,1-2H3,(H,20,21). The summed E-state index contributed by atoms with van der Waals surface area (Å²) in [6, 6.07) is 11.2. The summed E-state index contributed by atoms with van der Waals surface area (Å²) >= 11 is 0. The lowest BCUT2D eigenvalue weighted by Gasteiger charge is -2.31. The van der Waals surface area contributed by atoms with Gasteiger partial charge in [-0.1, -0.05) is 44.4 Å². The van der Waals surface area contributed by atoms with Crippen molar-refractivity contribution in [3.8, 4) is 0 Å². The zero-order chi connectivity index (χ0) is 14.7. The lowest BCUT2D eigenvalue weighted by Crippen LogP contribution is -2.30. The summed E-state index contributed by atoms with van der Waals surface area (Å²) in [6.45, 7) is 4.39. The van der Waals surface area contributed by atoms with E-state index < -0.39 is 0 Å². The van der Waals surface area contributed by atoms with Crippen LogP contribution in [-0.2, 0) is 0 Å². The average molecular weight is 282 g/mol. The Morgan fingerprint density at radius 2 is 1.95 bits per heavy atom. The van der Waals surface area contributed by atoms with Gasteiger partial charge in [0.1, 0.15) is 0 Å². The van der Waals surface area contributed by atoms with Gasteiger partial charge >= 0.3 is 0 Å². The molecule has 1 fully saturated rings. The number of pyridine rings is 1. The summed E-state index contributed by atoms with van der Waals surface area (Å²) in [5, 5.41) is 5.09. The summed E-state index contributed by atoms with van der Waals surface area (Å²) in [5.41, 5.74) is 3.45. The molecule has 1 N–H and O–H groups in total. The lowest BCUT2D eigenvalue weighted by molar-refractivity contribution is 0.313. The highest BCUT2D eigenvalue weighted by atomic mass is 14.9. The van der Waals surface area contributed by atoms with Crippen molar-refractivity contribution in [2.24, 2.45) is 5.92 Å². The van der Waals surface area contributed by atoms with E-state index in [2.05, 4.69) is 54.5 Å². The average Bonchev–Trinajstić information content (AvgIpc) is 2.53. The Balaban J connectivity index is 1.88. The van der Waals surface area contributed by atoms with E-state index in [1.807, 2.05) is 0 Å². The van der Waals surface area contributed by atoms with Crippen LogP contribution in [0, 0.1) is 12.8 Å². The molecule has 2 aromatic rings. The highest BCUT2D eigenvalue weighted by Crippen LogP contribution is 2.31. The van der Waals surface area contributed by atoms with Gasteiger partial charge in [0.2, 0.25) is 0 Å². The van der Waals surface area contributed by atoms with Gasteiger partial charge in [0, 0.05) is 22.8 Å². The number of para-hydroxylation sites is 1. The largest absolute Gasteiger partial charge is 0.381 e. The number of aryl methyl sites for hydroxylation is 1. The number of hydrogen-bond donors (Lipinski definition) is 1. The zero-order valence-electron chi connectivity index (χ0n) is 13.2. The number of fused-ring (bicyclic) bond motifs is 1. The summed E-state index contributed by atoms with van der Waals surface area (Å²) < 4.78 is 0. The van der Waals surface area contributed by atoms with E-state index in [4.69, 9.17) is 0 Å². The summed E-state index contributed by atoms with van der Waals surface area (Å²) in [7, 11) is 0. The van der Waals surface area contributed by atoms with E-state index in [-0.39, 0.29) is 0 Å². The van der Waals surface area contributed by atoms with Crippen LogP contribution < -0.4 is 5.32 Å². The van der Waals surface area contributed by atoms with Crippen molar-refractivity contribution in [3.05, 3.63) is 36.0 Å². The van der Waals surface area contributed by atoms with Crippen molar-refractivity contribution in [3.63, 3.8) is 0 Å². The second kappa shape index (κ2) is 6.46. The zero-order valence-corrected chi connectivity index (χ0v) is 13.2. The summed E-state index contributed by atoms with van der Waals surface area (Å²) in [6.07, 6.45) is 8.18. The fourth-order valence-electron chi connectivity index (χ4n) is 3.72. The summed E-state index contributed by atoms with van der Waals surface area (Å²) in [4.78, 5) is 4.64. The molecule has 21 heavy (non-hydrogen) atoms. The molecule has 1 aliphatic carbocycles. The van der Waals surface area contributed by atoms with Gasteiger partial charge in [-0.15, -0.1) is 0 Å². The number of rotatable bonds is 4. The third kappa shape index (κ3) is 3.20. The highest BCUT2D eigenvalue weighted by Gasteiger charge is 2.22.